The van der Waals surface area contributed by atoms with E-state index in [1.165, 1.54) is 23.3 Å². The van der Waals surface area contributed by atoms with Gasteiger partial charge in [-0.05, 0) is 43.7 Å². The number of allylic oxidation sites excluding steroid dienone is 8. The molecule has 0 amide bonds. The van der Waals surface area contributed by atoms with Gasteiger partial charge in [0, 0.05) is 41.6 Å². The Kier molecular flexibility index (Phi) is 6.58. The Morgan fingerprint density at radius 3 is 2.23 bits per heavy atom. The van der Waals surface area contributed by atoms with Crippen molar-refractivity contribution in [3.8, 4) is 6.07 Å². The molecule has 0 radical (unpaired) electrons. The maximum absolute atomic E-state index is 14.5. The highest BCUT2D eigenvalue weighted by atomic mass is 19.3. The summed E-state index contributed by atoms with van der Waals surface area (Å²) in [5.41, 5.74) is 5.89. The van der Waals surface area contributed by atoms with Gasteiger partial charge in [-0.25, -0.2) is 0 Å². The number of anilines is 1. The number of rotatable bonds is 4. The van der Waals surface area contributed by atoms with Gasteiger partial charge in [0.15, 0.2) is 5.71 Å². The van der Waals surface area contributed by atoms with Gasteiger partial charge in [0.2, 0.25) is 5.69 Å². The van der Waals surface area contributed by atoms with Gasteiger partial charge in [0.1, 0.15) is 18.7 Å². The van der Waals surface area contributed by atoms with Crippen molar-refractivity contribution < 1.29 is 22.5 Å². The van der Waals surface area contributed by atoms with Crippen LogP contribution in [-0.4, -0.2) is 31.5 Å². The normalized spacial score (nSPS) is 22.6. The van der Waals surface area contributed by atoms with Crippen molar-refractivity contribution in [3.05, 3.63) is 119 Å². The van der Waals surface area contributed by atoms with Crippen LogP contribution >= 0.6 is 0 Å². The Hall–Kier alpha value is -4.38. The molecule has 2 aromatic rings. The first-order valence-corrected chi connectivity index (χ1v) is 13.2. The molecular weight excluding hydrogens is 507 g/mol. The van der Waals surface area contributed by atoms with Crippen LogP contribution in [0.1, 0.15) is 38.8 Å². The first-order valence-electron chi connectivity index (χ1n) is 13.2. The molecule has 3 aliphatic heterocycles. The van der Waals surface area contributed by atoms with Crippen molar-refractivity contribution in [1.82, 2.24) is 0 Å². The lowest BCUT2D eigenvalue weighted by Gasteiger charge is -2.35. The molecule has 204 valence electrons. The average molecular weight is 539 g/mol. The molecule has 0 unspecified atom stereocenters. The van der Waals surface area contributed by atoms with Gasteiger partial charge in [-0.1, -0.05) is 62.4 Å². The molecule has 5 rings (SSSR count). The Morgan fingerprint density at radius 2 is 1.55 bits per heavy atom. The maximum atomic E-state index is 14.5. The molecule has 8 heteroatoms. The van der Waals surface area contributed by atoms with Gasteiger partial charge in [-0.3, -0.25) is 0 Å². The lowest BCUT2D eigenvalue weighted by atomic mass is 9.81. The van der Waals surface area contributed by atoms with Crippen molar-refractivity contribution in [3.63, 3.8) is 0 Å². The van der Waals surface area contributed by atoms with E-state index >= 15 is 0 Å². The van der Waals surface area contributed by atoms with E-state index in [1.807, 2.05) is 56.6 Å². The Balaban J connectivity index is 1.46. The minimum atomic E-state index is -4.65. The van der Waals surface area contributed by atoms with E-state index in [2.05, 4.69) is 61.4 Å². The topological polar surface area (TPSA) is 48.5 Å². The SMILES string of the molecule is CN1/C(=C/C=C/C2=C(C#N)C(=C/C=C/C3=[N+](C)c4ccccc4C3(C)C)/O[B-](F)(F)O2)C(C)(C)c2ccccc21. The van der Waals surface area contributed by atoms with E-state index in [9.17, 15) is 13.9 Å². The molecule has 0 spiro atoms. The second-order valence-electron chi connectivity index (χ2n) is 11.2. The van der Waals surface area contributed by atoms with Gasteiger partial charge in [0.05, 0.1) is 16.9 Å². The van der Waals surface area contributed by atoms with Crippen molar-refractivity contribution in [2.75, 3.05) is 19.0 Å². The number of para-hydroxylation sites is 2. The standard InChI is InChI=1S/C32H32BF2N3O2/c1-31(2)23-13-7-9-15-25(23)37(5)29(31)19-11-17-27-22(21-36)28(40-33(34,35)39-27)18-12-20-30-32(3,4)24-14-8-10-16-26(24)38(30)6/h7-20H,1-6H3. The molecule has 3 aliphatic rings. The molecule has 2 aromatic carbocycles. The summed E-state index contributed by atoms with van der Waals surface area (Å²) < 4.78 is 40.8. The average Bonchev–Trinajstić information content (AvgIpc) is 3.22. The summed E-state index contributed by atoms with van der Waals surface area (Å²) in [6.07, 6.45) is 9.80. The summed E-state index contributed by atoms with van der Waals surface area (Å²) >= 11 is 0. The molecular formula is C32H32BF2N3O2. The number of fused-ring (bicyclic) bond motifs is 2. The van der Waals surface area contributed by atoms with E-state index < -0.39 is 7.11 Å². The molecule has 0 bridgehead atoms. The quantitative estimate of drug-likeness (QED) is 0.305. The second kappa shape index (κ2) is 9.67. The number of nitriles is 1. The summed E-state index contributed by atoms with van der Waals surface area (Å²) in [5, 5.41) is 9.87. The highest BCUT2D eigenvalue weighted by molar-refractivity contribution is 6.53. The fourth-order valence-corrected chi connectivity index (χ4v) is 5.97. The molecule has 0 fully saturated rings. The maximum Gasteiger partial charge on any atom is 0.726 e. The lowest BCUT2D eigenvalue weighted by molar-refractivity contribution is -0.401. The largest absolute Gasteiger partial charge is 0.726 e. The van der Waals surface area contributed by atoms with Crippen LogP contribution in [-0.2, 0) is 20.1 Å². The van der Waals surface area contributed by atoms with Gasteiger partial charge < -0.3 is 22.8 Å². The van der Waals surface area contributed by atoms with Crippen LogP contribution in [0.15, 0.2) is 108 Å². The third-order valence-electron chi connectivity index (χ3n) is 8.02. The molecule has 0 saturated carbocycles. The van der Waals surface area contributed by atoms with E-state index in [0.29, 0.717) is 0 Å². The minimum Gasteiger partial charge on any atom is -0.626 e. The first kappa shape index (κ1) is 27.2. The van der Waals surface area contributed by atoms with Crippen molar-refractivity contribution >= 4 is 24.2 Å². The summed E-state index contributed by atoms with van der Waals surface area (Å²) in [6.45, 7) is 8.46. The van der Waals surface area contributed by atoms with E-state index in [-0.39, 0.29) is 27.9 Å². The van der Waals surface area contributed by atoms with Crippen LogP contribution < -0.4 is 4.90 Å². The summed E-state index contributed by atoms with van der Waals surface area (Å²) in [6, 6.07) is 18.2. The molecule has 0 saturated heterocycles. The van der Waals surface area contributed by atoms with Crippen LogP contribution in [0, 0.1) is 11.3 Å². The monoisotopic (exact) mass is 539 g/mol. The zero-order valence-corrected chi connectivity index (χ0v) is 23.6. The van der Waals surface area contributed by atoms with Gasteiger partial charge in [-0.2, -0.15) is 9.84 Å². The third-order valence-corrected chi connectivity index (χ3v) is 8.02. The van der Waals surface area contributed by atoms with Gasteiger partial charge in [-0.15, -0.1) is 0 Å². The highest BCUT2D eigenvalue weighted by Crippen LogP contribution is 2.46. The third kappa shape index (κ3) is 4.46. The molecule has 0 aromatic heterocycles. The zero-order chi connectivity index (χ0) is 28.9. The summed E-state index contributed by atoms with van der Waals surface area (Å²) in [4.78, 5) is 2.08. The minimum absolute atomic E-state index is 0.0956. The fourth-order valence-electron chi connectivity index (χ4n) is 5.97. The molecule has 0 atom stereocenters. The predicted molar refractivity (Wildman–Crippen MR) is 155 cm³/mol. The molecule has 40 heavy (non-hydrogen) atoms. The summed E-state index contributed by atoms with van der Waals surface area (Å²) in [5.74, 6) is -0.464. The van der Waals surface area contributed by atoms with Crippen LogP contribution in [0.2, 0.25) is 0 Å². The van der Waals surface area contributed by atoms with Crippen molar-refractivity contribution in [2.45, 2.75) is 38.5 Å². The van der Waals surface area contributed by atoms with Gasteiger partial charge >= 0.3 is 7.11 Å². The van der Waals surface area contributed by atoms with Crippen LogP contribution in [0.25, 0.3) is 0 Å². The van der Waals surface area contributed by atoms with Crippen LogP contribution in [0.5, 0.6) is 0 Å². The number of benzene rings is 2. The second-order valence-corrected chi connectivity index (χ2v) is 11.2. The Labute approximate surface area is 234 Å². The first-order chi connectivity index (χ1) is 18.9. The van der Waals surface area contributed by atoms with E-state index in [0.717, 1.165) is 22.8 Å². The van der Waals surface area contributed by atoms with Crippen molar-refractivity contribution in [2.24, 2.45) is 0 Å². The Morgan fingerprint density at radius 1 is 0.900 bits per heavy atom. The number of nitrogens with zero attached hydrogens (tertiary/aromatic N) is 3. The van der Waals surface area contributed by atoms with Crippen LogP contribution in [0.3, 0.4) is 0 Å². The highest BCUT2D eigenvalue weighted by Gasteiger charge is 2.43. The van der Waals surface area contributed by atoms with E-state index in [4.69, 9.17) is 9.31 Å². The van der Waals surface area contributed by atoms with Crippen molar-refractivity contribution in [1.29, 1.82) is 5.26 Å². The molecule has 0 aliphatic carbocycles. The zero-order valence-electron chi connectivity index (χ0n) is 23.6. The number of hydrogen-bond acceptors (Lipinski definition) is 4. The fraction of sp³-hybridized carbons (Fsp3) is 0.250. The number of likely N-dealkylation sites (N-methyl/N-ethyl adjacent to an activating group) is 1. The lowest BCUT2D eigenvalue weighted by Crippen LogP contribution is -2.35. The molecule has 5 nitrogen and oxygen atoms in total. The Bertz CT molecular complexity index is 1620. The smallest absolute Gasteiger partial charge is 0.626 e. The molecule has 3 heterocycles. The predicted octanol–water partition coefficient (Wildman–Crippen LogP) is 7.20. The van der Waals surface area contributed by atoms with Gasteiger partial charge in [0.25, 0.3) is 0 Å². The number of hydrogen-bond donors (Lipinski definition) is 0. The molecule has 0 N–H and O–H groups in total. The van der Waals surface area contributed by atoms with Crippen LogP contribution in [0.4, 0.5) is 20.0 Å². The van der Waals surface area contributed by atoms with E-state index in [1.54, 1.807) is 12.2 Å². The summed E-state index contributed by atoms with van der Waals surface area (Å²) in [7, 11) is -0.697. The number of halogens is 2.